The SMILES string of the molecule is CCC(CC(C)(CC(C)c1ccc(S(=O)[O-])cc1)C(=O)OCCOC)C(=O)NCCn1ccnc1. The van der Waals surface area contributed by atoms with Gasteiger partial charge in [-0.1, -0.05) is 26.0 Å². The summed E-state index contributed by atoms with van der Waals surface area (Å²) in [4.78, 5) is 30.4. The molecule has 0 fully saturated rings. The molecular weight excluding hydrogens is 470 g/mol. The minimum absolute atomic E-state index is 0.0640. The highest BCUT2D eigenvalue weighted by molar-refractivity contribution is 7.79. The maximum atomic E-state index is 13.2. The zero-order valence-corrected chi connectivity index (χ0v) is 21.7. The average molecular weight is 507 g/mol. The number of nitrogens with zero attached hydrogens (tertiary/aromatic N) is 2. The molecule has 0 spiro atoms. The Bertz CT molecular complexity index is 951. The Kier molecular flexibility index (Phi) is 11.6. The predicted molar refractivity (Wildman–Crippen MR) is 131 cm³/mol. The maximum absolute atomic E-state index is 13.2. The first-order valence-corrected chi connectivity index (χ1v) is 12.9. The number of carbonyl (C=O) groups is 2. The number of nitrogens with one attached hydrogen (secondary N) is 1. The standard InChI is InChI=1S/C25H37N3O6S/c1-5-20(23(29)27-11-13-28-12-10-26-18-28)17-25(3,24(30)34-15-14-33-4)16-19(2)21-6-8-22(9-7-21)35(31)32/h6-10,12,18-20H,5,11,13-17H2,1-4H3,(H,27,29)(H,31,32)/p-1. The molecule has 0 saturated heterocycles. The molecule has 4 atom stereocenters. The Morgan fingerprint density at radius 1 is 1.23 bits per heavy atom. The first-order chi connectivity index (χ1) is 16.7. The minimum atomic E-state index is -2.29. The quantitative estimate of drug-likeness (QED) is 0.224. The van der Waals surface area contributed by atoms with Gasteiger partial charge in [0.15, 0.2) is 0 Å². The second-order valence-corrected chi connectivity index (χ2v) is 9.94. The molecule has 2 rings (SSSR count). The first-order valence-electron chi connectivity index (χ1n) is 11.8. The van der Waals surface area contributed by atoms with Crippen LogP contribution in [0.3, 0.4) is 0 Å². The number of aromatic nitrogens is 2. The summed E-state index contributed by atoms with van der Waals surface area (Å²) in [5.41, 5.74) is -0.0109. The lowest BCUT2D eigenvalue weighted by molar-refractivity contribution is -0.158. The second kappa shape index (κ2) is 14.1. The molecular formula is C25H36N3O6S-. The predicted octanol–water partition coefficient (Wildman–Crippen LogP) is 3.04. The number of hydrogen-bond donors (Lipinski definition) is 1. The summed E-state index contributed by atoms with van der Waals surface area (Å²) >= 11 is -2.29. The van der Waals surface area contributed by atoms with E-state index in [-0.39, 0.29) is 41.8 Å². The van der Waals surface area contributed by atoms with Crippen LogP contribution in [0.15, 0.2) is 47.9 Å². The van der Waals surface area contributed by atoms with Gasteiger partial charge in [-0.05, 0) is 60.9 Å². The van der Waals surface area contributed by atoms with E-state index in [0.717, 1.165) is 5.56 Å². The maximum Gasteiger partial charge on any atom is 0.311 e. The average Bonchev–Trinajstić information content (AvgIpc) is 3.36. The van der Waals surface area contributed by atoms with Crippen LogP contribution < -0.4 is 5.32 Å². The molecule has 1 amide bonds. The minimum Gasteiger partial charge on any atom is -0.768 e. The summed E-state index contributed by atoms with van der Waals surface area (Å²) in [5.74, 6) is -0.900. The van der Waals surface area contributed by atoms with Gasteiger partial charge in [0, 0.05) is 43.4 Å². The van der Waals surface area contributed by atoms with Crippen molar-refractivity contribution < 1.29 is 27.8 Å². The van der Waals surface area contributed by atoms with Gasteiger partial charge in [-0.3, -0.25) is 13.8 Å². The molecule has 2 aromatic rings. The van der Waals surface area contributed by atoms with Crippen LogP contribution in [0.25, 0.3) is 0 Å². The van der Waals surface area contributed by atoms with Crippen LogP contribution in [0, 0.1) is 11.3 Å². The fourth-order valence-corrected chi connectivity index (χ4v) is 4.54. The highest BCUT2D eigenvalue weighted by Gasteiger charge is 2.40. The van der Waals surface area contributed by atoms with Crippen LogP contribution in [0.1, 0.15) is 51.5 Å². The number of rotatable bonds is 15. The summed E-state index contributed by atoms with van der Waals surface area (Å²) < 4.78 is 34.7. The number of imidazole rings is 1. The summed E-state index contributed by atoms with van der Waals surface area (Å²) in [6.07, 6.45) is 6.57. The third-order valence-corrected chi connectivity index (χ3v) is 6.86. The van der Waals surface area contributed by atoms with E-state index in [4.69, 9.17) is 9.47 Å². The zero-order valence-electron chi connectivity index (χ0n) is 20.9. The van der Waals surface area contributed by atoms with Crippen LogP contribution in [0.2, 0.25) is 0 Å². The number of benzene rings is 1. The summed E-state index contributed by atoms with van der Waals surface area (Å²) in [6, 6.07) is 6.61. The van der Waals surface area contributed by atoms with Crippen LogP contribution >= 0.6 is 0 Å². The zero-order chi connectivity index (χ0) is 25.8. The Labute approximate surface area is 209 Å². The fraction of sp³-hybridized carbons (Fsp3) is 0.560. The number of methoxy groups -OCH3 is 1. The lowest BCUT2D eigenvalue weighted by Gasteiger charge is -2.33. The van der Waals surface area contributed by atoms with Crippen LogP contribution in [-0.4, -0.2) is 57.1 Å². The molecule has 0 aliphatic carbocycles. The summed E-state index contributed by atoms with van der Waals surface area (Å²) in [7, 11) is 1.54. The smallest absolute Gasteiger partial charge is 0.311 e. The van der Waals surface area contributed by atoms with Crippen LogP contribution in [0.5, 0.6) is 0 Å². The Morgan fingerprint density at radius 2 is 1.94 bits per heavy atom. The van der Waals surface area contributed by atoms with E-state index in [9.17, 15) is 18.4 Å². The van der Waals surface area contributed by atoms with Crippen LogP contribution in [-0.2, 0) is 36.7 Å². The molecule has 0 radical (unpaired) electrons. The van der Waals surface area contributed by atoms with Crippen molar-refractivity contribution in [3.63, 3.8) is 0 Å². The number of amides is 1. The lowest BCUT2D eigenvalue weighted by atomic mass is 9.72. The van der Waals surface area contributed by atoms with E-state index < -0.39 is 16.5 Å². The highest BCUT2D eigenvalue weighted by atomic mass is 32.2. The van der Waals surface area contributed by atoms with Crippen molar-refractivity contribution in [1.29, 1.82) is 0 Å². The molecule has 0 aliphatic heterocycles. The number of ether oxygens (including phenoxy) is 2. The lowest BCUT2D eigenvalue weighted by Crippen LogP contribution is -2.39. The van der Waals surface area contributed by atoms with E-state index in [1.165, 1.54) is 7.11 Å². The normalized spacial score (nSPS) is 15.6. The van der Waals surface area contributed by atoms with E-state index in [1.54, 1.807) is 36.8 Å². The molecule has 35 heavy (non-hydrogen) atoms. The number of carbonyl (C=O) groups excluding carboxylic acids is 2. The Balaban J connectivity index is 2.12. The fourth-order valence-electron chi connectivity index (χ4n) is 4.18. The van der Waals surface area contributed by atoms with Gasteiger partial charge < -0.3 is 23.9 Å². The monoisotopic (exact) mass is 506 g/mol. The van der Waals surface area contributed by atoms with Crippen molar-refractivity contribution in [2.45, 2.75) is 57.4 Å². The number of esters is 1. The largest absolute Gasteiger partial charge is 0.768 e. The van der Waals surface area contributed by atoms with Gasteiger partial charge in [-0.15, -0.1) is 0 Å². The van der Waals surface area contributed by atoms with Crippen molar-refractivity contribution in [2.75, 3.05) is 26.9 Å². The van der Waals surface area contributed by atoms with Gasteiger partial charge >= 0.3 is 5.97 Å². The molecule has 0 bridgehead atoms. The molecule has 1 aromatic heterocycles. The molecule has 1 heterocycles. The Hall–Kier alpha value is -2.56. The molecule has 1 N–H and O–H groups in total. The van der Waals surface area contributed by atoms with E-state index >= 15 is 0 Å². The molecule has 4 unspecified atom stereocenters. The molecule has 0 saturated carbocycles. The molecule has 0 aliphatic rings. The van der Waals surface area contributed by atoms with E-state index in [2.05, 4.69) is 10.3 Å². The van der Waals surface area contributed by atoms with Crippen molar-refractivity contribution >= 4 is 23.0 Å². The van der Waals surface area contributed by atoms with E-state index in [1.807, 2.05) is 31.5 Å². The van der Waals surface area contributed by atoms with Gasteiger partial charge in [0.05, 0.1) is 18.3 Å². The van der Waals surface area contributed by atoms with Gasteiger partial charge in [-0.25, -0.2) is 4.98 Å². The second-order valence-electron chi connectivity index (χ2n) is 9.00. The molecule has 10 heteroatoms. The molecule has 9 nitrogen and oxygen atoms in total. The third kappa shape index (κ3) is 8.87. The number of hydrogen-bond acceptors (Lipinski definition) is 7. The Morgan fingerprint density at radius 3 is 2.51 bits per heavy atom. The molecule has 1 aromatic carbocycles. The van der Waals surface area contributed by atoms with Crippen LogP contribution in [0.4, 0.5) is 0 Å². The third-order valence-electron chi connectivity index (χ3n) is 6.20. The van der Waals surface area contributed by atoms with Crippen molar-refractivity contribution in [1.82, 2.24) is 14.9 Å². The van der Waals surface area contributed by atoms with Gasteiger partial charge in [0.25, 0.3) is 0 Å². The van der Waals surface area contributed by atoms with E-state index in [0.29, 0.717) is 32.4 Å². The van der Waals surface area contributed by atoms with Crippen molar-refractivity contribution in [3.05, 3.63) is 48.5 Å². The summed E-state index contributed by atoms with van der Waals surface area (Å²) in [6.45, 7) is 7.25. The molecule has 194 valence electrons. The summed E-state index contributed by atoms with van der Waals surface area (Å²) in [5, 5.41) is 2.97. The van der Waals surface area contributed by atoms with Gasteiger partial charge in [0.1, 0.15) is 6.61 Å². The van der Waals surface area contributed by atoms with Crippen molar-refractivity contribution in [2.24, 2.45) is 11.3 Å². The van der Waals surface area contributed by atoms with Gasteiger partial charge in [0.2, 0.25) is 5.91 Å². The first kappa shape index (κ1) is 28.7. The van der Waals surface area contributed by atoms with Gasteiger partial charge in [-0.2, -0.15) is 0 Å². The van der Waals surface area contributed by atoms with Crippen molar-refractivity contribution in [3.8, 4) is 0 Å². The highest BCUT2D eigenvalue weighted by Crippen LogP contribution is 2.39. The topological polar surface area (TPSA) is 123 Å².